The summed E-state index contributed by atoms with van der Waals surface area (Å²) in [5.74, 6) is -0.243. The second-order valence-corrected chi connectivity index (χ2v) is 15.0. The van der Waals surface area contributed by atoms with Crippen molar-refractivity contribution < 1.29 is 4.39 Å². The highest BCUT2D eigenvalue weighted by Crippen LogP contribution is 2.57. The van der Waals surface area contributed by atoms with Crippen LogP contribution in [0.4, 0.5) is 21.5 Å². The normalized spacial score (nSPS) is 11.9. The van der Waals surface area contributed by atoms with Gasteiger partial charge < -0.3 is 9.47 Å². The molecule has 1 heterocycles. The van der Waals surface area contributed by atoms with Gasteiger partial charge in [0.1, 0.15) is 5.82 Å². The van der Waals surface area contributed by atoms with Gasteiger partial charge >= 0.3 is 0 Å². The van der Waals surface area contributed by atoms with E-state index in [2.05, 4.69) is 185 Å². The number of halogens is 1. The van der Waals surface area contributed by atoms with Gasteiger partial charge in [-0.15, -0.1) is 0 Å². The fraction of sp³-hybridized carbons (Fsp3) is 0. The maximum atomic E-state index is 14.0. The third-order valence-electron chi connectivity index (χ3n) is 12.0. The molecule has 57 heavy (non-hydrogen) atoms. The Bertz CT molecular complexity index is 3210. The average molecular weight is 729 g/mol. The Morgan fingerprint density at radius 3 is 1.63 bits per heavy atom. The molecule has 0 spiro atoms. The minimum Gasteiger partial charge on any atom is -0.310 e. The molecule has 9 aromatic carbocycles. The van der Waals surface area contributed by atoms with Crippen molar-refractivity contribution in [3.8, 4) is 72.4 Å². The number of anilines is 3. The van der Waals surface area contributed by atoms with Gasteiger partial charge in [0.25, 0.3) is 0 Å². The smallest absolute Gasteiger partial charge is 0.123 e. The molecule has 6 bridgehead atoms. The second-order valence-electron chi connectivity index (χ2n) is 15.0. The van der Waals surface area contributed by atoms with E-state index in [1.807, 2.05) is 12.1 Å². The number of rotatable bonds is 5. The molecule has 1 aromatic heterocycles. The fourth-order valence-corrected chi connectivity index (χ4v) is 9.48. The average Bonchev–Trinajstić information content (AvgIpc) is 3.54. The highest BCUT2D eigenvalue weighted by atomic mass is 19.1. The zero-order valence-electron chi connectivity index (χ0n) is 30.8. The number of nitrogens with zero attached hydrogens (tertiary/aromatic N) is 2. The van der Waals surface area contributed by atoms with Crippen molar-refractivity contribution in [1.82, 2.24) is 4.57 Å². The van der Waals surface area contributed by atoms with Gasteiger partial charge in [-0.1, -0.05) is 121 Å². The minimum absolute atomic E-state index is 0.243. The van der Waals surface area contributed by atoms with Crippen LogP contribution >= 0.6 is 0 Å². The first-order valence-corrected chi connectivity index (χ1v) is 19.5. The van der Waals surface area contributed by atoms with Crippen LogP contribution in [0.5, 0.6) is 0 Å². The molecule has 2 aliphatic carbocycles. The van der Waals surface area contributed by atoms with Gasteiger partial charge in [0.05, 0.1) is 11.0 Å². The summed E-state index contributed by atoms with van der Waals surface area (Å²) < 4.78 is 16.2. The van der Waals surface area contributed by atoms with Crippen LogP contribution in [0.1, 0.15) is 0 Å². The van der Waals surface area contributed by atoms with Gasteiger partial charge in [0.15, 0.2) is 0 Å². The first kappa shape index (κ1) is 31.8. The topological polar surface area (TPSA) is 8.17 Å². The summed E-state index contributed by atoms with van der Waals surface area (Å²) in [6.45, 7) is 0. The molecule has 0 atom stereocenters. The first-order chi connectivity index (χ1) is 28.2. The molecule has 0 saturated carbocycles. The van der Waals surface area contributed by atoms with Crippen molar-refractivity contribution in [2.24, 2.45) is 0 Å². The van der Waals surface area contributed by atoms with E-state index < -0.39 is 0 Å². The minimum atomic E-state index is -0.243. The van der Waals surface area contributed by atoms with Gasteiger partial charge in [0.2, 0.25) is 0 Å². The quantitative estimate of drug-likeness (QED) is 0.171. The van der Waals surface area contributed by atoms with Crippen LogP contribution in [0.3, 0.4) is 0 Å². The molecular weight excluding hydrogens is 696 g/mol. The SMILES string of the molecule is Fc1ccc(-n2c3ccccc3c3cc(N(c4ccccc4)c4ccc(-c5ccc6c(c5)-c5c7cccc5-c5cccc-6c5-c5ccccc5-7)cc4)ccc32)cc1. The van der Waals surface area contributed by atoms with Crippen LogP contribution in [0.25, 0.3) is 94.3 Å². The predicted molar refractivity (Wildman–Crippen MR) is 235 cm³/mol. The number of para-hydroxylation sites is 2. The van der Waals surface area contributed by atoms with Crippen molar-refractivity contribution in [1.29, 1.82) is 0 Å². The molecule has 0 fully saturated rings. The molecule has 12 rings (SSSR count). The summed E-state index contributed by atoms with van der Waals surface area (Å²) in [4.78, 5) is 2.32. The molecule has 0 unspecified atom stereocenters. The van der Waals surface area contributed by atoms with Gasteiger partial charge in [0, 0.05) is 33.5 Å². The van der Waals surface area contributed by atoms with Gasteiger partial charge in [-0.05, 0) is 146 Å². The van der Waals surface area contributed by atoms with Crippen LogP contribution in [0.15, 0.2) is 200 Å². The van der Waals surface area contributed by atoms with Crippen LogP contribution in [0.2, 0.25) is 0 Å². The maximum Gasteiger partial charge on any atom is 0.123 e. The lowest BCUT2D eigenvalue weighted by atomic mass is 9.83. The Morgan fingerprint density at radius 2 is 0.877 bits per heavy atom. The standard InChI is InChI=1S/C54H33FN2/c55-36-23-27-39(28-24-36)57-51-19-7-6-13-43(51)49-33-40(29-31-52(49)57)56(37-10-2-1-3-11-37)38-25-20-34(21-26-38)35-22-30-42-46-16-9-17-47-48-18-8-15-45(54(48)50(42)32-35)41-12-4-5-14-44(41)53(46)47/h1-33H. The Balaban J connectivity index is 0.983. The van der Waals surface area contributed by atoms with E-state index in [4.69, 9.17) is 0 Å². The Hall–Kier alpha value is -7.49. The maximum absolute atomic E-state index is 14.0. The molecule has 0 amide bonds. The molecule has 0 N–H and O–H groups in total. The number of fused-ring (bicyclic) bond motifs is 7. The van der Waals surface area contributed by atoms with Crippen LogP contribution in [0, 0.1) is 5.82 Å². The molecular formula is C54H33FN2. The van der Waals surface area contributed by atoms with Gasteiger partial charge in [-0.25, -0.2) is 4.39 Å². The van der Waals surface area contributed by atoms with Crippen LogP contribution in [-0.4, -0.2) is 4.57 Å². The molecule has 3 heteroatoms. The molecule has 2 aliphatic rings. The number of benzene rings is 9. The number of hydrogen-bond acceptors (Lipinski definition) is 1. The van der Waals surface area contributed by atoms with E-state index in [1.54, 1.807) is 0 Å². The molecule has 0 aliphatic heterocycles. The largest absolute Gasteiger partial charge is 0.310 e. The van der Waals surface area contributed by atoms with Crippen molar-refractivity contribution in [2.45, 2.75) is 0 Å². The van der Waals surface area contributed by atoms with E-state index in [0.717, 1.165) is 44.6 Å². The first-order valence-electron chi connectivity index (χ1n) is 19.5. The summed E-state index contributed by atoms with van der Waals surface area (Å²) in [6.07, 6.45) is 0. The lowest BCUT2D eigenvalue weighted by Gasteiger charge is -2.26. The third-order valence-corrected chi connectivity index (χ3v) is 12.0. The van der Waals surface area contributed by atoms with E-state index in [-0.39, 0.29) is 5.82 Å². The van der Waals surface area contributed by atoms with Crippen molar-refractivity contribution in [2.75, 3.05) is 4.90 Å². The lowest BCUT2D eigenvalue weighted by Crippen LogP contribution is -2.09. The lowest BCUT2D eigenvalue weighted by molar-refractivity contribution is 0.627. The Labute approximate surface area is 330 Å². The summed E-state index contributed by atoms with van der Waals surface area (Å²) in [5, 5.41) is 2.29. The van der Waals surface area contributed by atoms with Crippen molar-refractivity contribution >= 4 is 38.9 Å². The molecule has 266 valence electrons. The number of hydrogen-bond donors (Lipinski definition) is 0. The number of aromatic nitrogens is 1. The highest BCUT2D eigenvalue weighted by Gasteiger charge is 2.30. The van der Waals surface area contributed by atoms with Gasteiger partial charge in [-0.3, -0.25) is 0 Å². The van der Waals surface area contributed by atoms with Crippen LogP contribution in [-0.2, 0) is 0 Å². The highest BCUT2D eigenvalue weighted by molar-refractivity contribution is 6.15. The summed E-state index contributed by atoms with van der Waals surface area (Å²) in [6, 6.07) is 70.8. The Morgan fingerprint density at radius 1 is 0.333 bits per heavy atom. The zero-order valence-corrected chi connectivity index (χ0v) is 30.8. The Kier molecular flexibility index (Phi) is 6.84. The molecule has 2 nitrogen and oxygen atoms in total. The summed E-state index contributed by atoms with van der Waals surface area (Å²) >= 11 is 0. The van der Waals surface area contributed by atoms with E-state index in [1.165, 1.54) is 78.9 Å². The monoisotopic (exact) mass is 728 g/mol. The van der Waals surface area contributed by atoms with Gasteiger partial charge in [-0.2, -0.15) is 0 Å². The predicted octanol–water partition coefficient (Wildman–Crippen LogP) is 15.0. The summed E-state index contributed by atoms with van der Waals surface area (Å²) in [7, 11) is 0. The van der Waals surface area contributed by atoms with E-state index >= 15 is 0 Å². The third kappa shape index (κ3) is 4.76. The van der Waals surface area contributed by atoms with Crippen LogP contribution < -0.4 is 4.90 Å². The molecule has 0 radical (unpaired) electrons. The fourth-order valence-electron chi connectivity index (χ4n) is 9.48. The molecule has 10 aromatic rings. The van der Waals surface area contributed by atoms with Crippen molar-refractivity contribution in [3.63, 3.8) is 0 Å². The molecule has 0 saturated heterocycles. The summed E-state index contributed by atoms with van der Waals surface area (Å²) in [5.41, 5.74) is 21.6. The van der Waals surface area contributed by atoms with E-state index in [9.17, 15) is 4.39 Å². The van der Waals surface area contributed by atoms with E-state index in [0.29, 0.717) is 0 Å². The van der Waals surface area contributed by atoms with Crippen molar-refractivity contribution in [3.05, 3.63) is 206 Å². The zero-order chi connectivity index (χ0) is 37.6. The second kappa shape index (κ2) is 12.3.